The zero-order valence-corrected chi connectivity index (χ0v) is 16.3. The fourth-order valence-corrected chi connectivity index (χ4v) is 3.77. The van der Waals surface area contributed by atoms with Crippen LogP contribution >= 0.6 is 11.8 Å². The van der Waals surface area contributed by atoms with E-state index < -0.39 is 0 Å². The summed E-state index contributed by atoms with van der Waals surface area (Å²) in [5.74, 6) is 1.69. The average Bonchev–Trinajstić information content (AvgIpc) is 3.30. The van der Waals surface area contributed by atoms with Gasteiger partial charge in [-0.1, -0.05) is 55.9 Å². The molecule has 3 heterocycles. The van der Waals surface area contributed by atoms with Crippen molar-refractivity contribution >= 4 is 23.2 Å². The Hall–Kier alpha value is -2.80. The van der Waals surface area contributed by atoms with E-state index in [9.17, 15) is 0 Å². The van der Waals surface area contributed by atoms with Crippen LogP contribution in [0.4, 0.5) is 5.82 Å². The third-order valence-electron chi connectivity index (χ3n) is 4.14. The summed E-state index contributed by atoms with van der Waals surface area (Å²) >= 11 is 1.73. The first kappa shape index (κ1) is 17.6. The summed E-state index contributed by atoms with van der Waals surface area (Å²) in [5, 5.41) is 15.8. The van der Waals surface area contributed by atoms with Crippen LogP contribution in [0.5, 0.6) is 0 Å². The Morgan fingerprint density at radius 3 is 2.70 bits per heavy atom. The van der Waals surface area contributed by atoms with Crippen molar-refractivity contribution in [3.8, 4) is 0 Å². The number of nitrogens with zero attached hydrogens (tertiary/aromatic N) is 4. The van der Waals surface area contributed by atoms with Crippen LogP contribution in [-0.4, -0.2) is 19.8 Å². The Labute approximate surface area is 162 Å². The van der Waals surface area contributed by atoms with Gasteiger partial charge in [-0.05, 0) is 23.8 Å². The van der Waals surface area contributed by atoms with Crippen molar-refractivity contribution in [3.05, 3.63) is 66.3 Å². The first-order chi connectivity index (χ1) is 13.0. The lowest BCUT2D eigenvalue weighted by molar-refractivity contribution is 0.422. The van der Waals surface area contributed by atoms with E-state index >= 15 is 0 Å². The highest BCUT2D eigenvalue weighted by molar-refractivity contribution is 7.99. The fraction of sp³-hybridized carbons (Fsp3) is 0.250. The maximum atomic E-state index is 4.87. The van der Waals surface area contributed by atoms with Gasteiger partial charge in [0.1, 0.15) is 12.1 Å². The molecule has 0 atom stereocenters. The third-order valence-corrected chi connectivity index (χ3v) is 5.24. The number of benzene rings is 1. The van der Waals surface area contributed by atoms with Crippen molar-refractivity contribution in [1.29, 1.82) is 0 Å². The molecule has 0 aliphatic carbocycles. The molecule has 0 amide bonds. The van der Waals surface area contributed by atoms with Crippen LogP contribution in [0.15, 0.2) is 69.2 Å². The summed E-state index contributed by atoms with van der Waals surface area (Å²) in [7, 11) is 0. The van der Waals surface area contributed by atoms with Gasteiger partial charge in [0, 0.05) is 34.0 Å². The molecule has 0 spiro atoms. The number of fused-ring (bicyclic) bond motifs is 1. The predicted octanol–water partition coefficient (Wildman–Crippen LogP) is 4.78. The molecule has 0 unspecified atom stereocenters. The maximum absolute atomic E-state index is 4.87. The average molecular weight is 379 g/mol. The largest absolute Gasteiger partial charge is 0.363 e. The first-order valence-corrected chi connectivity index (χ1v) is 9.58. The van der Waals surface area contributed by atoms with Crippen LogP contribution in [0.1, 0.15) is 32.2 Å². The van der Waals surface area contributed by atoms with E-state index in [1.807, 2.05) is 18.2 Å². The summed E-state index contributed by atoms with van der Waals surface area (Å²) in [5.41, 5.74) is 2.00. The van der Waals surface area contributed by atoms with Gasteiger partial charge in [0.05, 0.1) is 0 Å². The van der Waals surface area contributed by atoms with Crippen LogP contribution in [0.3, 0.4) is 0 Å². The van der Waals surface area contributed by atoms with Gasteiger partial charge in [-0.15, -0.1) is 10.2 Å². The van der Waals surface area contributed by atoms with E-state index in [2.05, 4.69) is 76.3 Å². The molecule has 0 saturated carbocycles. The Morgan fingerprint density at radius 2 is 1.93 bits per heavy atom. The molecule has 4 rings (SSSR count). The Balaban J connectivity index is 1.60. The van der Waals surface area contributed by atoms with Gasteiger partial charge in [0.2, 0.25) is 0 Å². The van der Waals surface area contributed by atoms with Crippen molar-refractivity contribution < 1.29 is 4.52 Å². The van der Waals surface area contributed by atoms with Crippen LogP contribution in [0.25, 0.3) is 5.65 Å². The van der Waals surface area contributed by atoms with Gasteiger partial charge in [-0.25, -0.2) is 0 Å². The monoisotopic (exact) mass is 379 g/mol. The summed E-state index contributed by atoms with van der Waals surface area (Å²) in [4.78, 5) is 2.33. The molecule has 0 fully saturated rings. The van der Waals surface area contributed by atoms with Crippen LogP contribution in [-0.2, 0) is 12.0 Å². The highest BCUT2D eigenvalue weighted by Gasteiger charge is 2.21. The number of pyridine rings is 1. The number of nitrogens with one attached hydrogen (secondary N) is 1. The summed E-state index contributed by atoms with van der Waals surface area (Å²) in [6.07, 6.45) is 3.67. The molecule has 0 bridgehead atoms. The van der Waals surface area contributed by atoms with Crippen molar-refractivity contribution in [1.82, 2.24) is 19.8 Å². The fourth-order valence-electron chi connectivity index (χ4n) is 2.81. The minimum absolute atomic E-state index is 0.0673. The molecule has 1 aromatic carbocycles. The lowest BCUT2D eigenvalue weighted by Gasteiger charge is -2.16. The van der Waals surface area contributed by atoms with Gasteiger partial charge in [0.15, 0.2) is 11.5 Å². The van der Waals surface area contributed by atoms with Crippen LogP contribution < -0.4 is 5.32 Å². The smallest absolute Gasteiger partial charge is 0.169 e. The molecular formula is C20H21N5OS. The molecule has 27 heavy (non-hydrogen) atoms. The Bertz CT molecular complexity index is 1050. The molecule has 0 aliphatic heterocycles. The molecule has 0 radical (unpaired) electrons. The van der Waals surface area contributed by atoms with E-state index in [1.54, 1.807) is 18.0 Å². The molecule has 0 saturated heterocycles. The van der Waals surface area contributed by atoms with Gasteiger partial charge >= 0.3 is 0 Å². The second kappa shape index (κ2) is 7.08. The van der Waals surface area contributed by atoms with E-state index in [-0.39, 0.29) is 5.41 Å². The number of aromatic nitrogens is 4. The Morgan fingerprint density at radius 1 is 1.07 bits per heavy atom. The zero-order chi connectivity index (χ0) is 18.9. The second-order valence-electron chi connectivity index (χ2n) is 7.31. The van der Waals surface area contributed by atoms with Gasteiger partial charge < -0.3 is 9.84 Å². The predicted molar refractivity (Wildman–Crippen MR) is 106 cm³/mol. The van der Waals surface area contributed by atoms with Gasteiger partial charge in [-0.3, -0.25) is 4.40 Å². The third kappa shape index (κ3) is 3.83. The molecule has 6 nitrogen and oxygen atoms in total. The van der Waals surface area contributed by atoms with Crippen molar-refractivity contribution in [2.45, 2.75) is 42.5 Å². The van der Waals surface area contributed by atoms with Crippen molar-refractivity contribution in [3.63, 3.8) is 0 Å². The summed E-state index contributed by atoms with van der Waals surface area (Å²) in [6, 6.07) is 14.3. The lowest BCUT2D eigenvalue weighted by atomic mass is 9.96. The van der Waals surface area contributed by atoms with E-state index in [0.29, 0.717) is 6.54 Å². The summed E-state index contributed by atoms with van der Waals surface area (Å²) in [6.45, 7) is 7.12. The lowest BCUT2D eigenvalue weighted by Crippen LogP contribution is -2.15. The number of hydrogen-bond acceptors (Lipinski definition) is 6. The Kier molecular flexibility index (Phi) is 4.61. The van der Waals surface area contributed by atoms with Gasteiger partial charge in [0.25, 0.3) is 0 Å². The molecular weight excluding hydrogens is 358 g/mol. The highest BCUT2D eigenvalue weighted by atomic mass is 32.2. The van der Waals surface area contributed by atoms with Crippen molar-refractivity contribution in [2.24, 2.45) is 0 Å². The van der Waals surface area contributed by atoms with Gasteiger partial charge in [-0.2, -0.15) is 0 Å². The minimum atomic E-state index is -0.0673. The quantitative estimate of drug-likeness (QED) is 0.538. The van der Waals surface area contributed by atoms with Crippen molar-refractivity contribution in [2.75, 3.05) is 5.32 Å². The van der Waals surface area contributed by atoms with Crippen LogP contribution in [0, 0.1) is 0 Å². The number of anilines is 1. The maximum Gasteiger partial charge on any atom is 0.169 e. The molecule has 0 aliphatic rings. The normalized spacial score (nSPS) is 11.8. The topological polar surface area (TPSA) is 68.2 Å². The summed E-state index contributed by atoms with van der Waals surface area (Å²) < 4.78 is 6.95. The molecule has 138 valence electrons. The van der Waals surface area contributed by atoms with E-state index in [4.69, 9.17) is 4.52 Å². The molecule has 4 aromatic rings. The van der Waals surface area contributed by atoms with E-state index in [0.717, 1.165) is 22.2 Å². The number of hydrogen-bond donors (Lipinski definition) is 1. The molecule has 3 aromatic heterocycles. The standard InChI is InChI=1S/C20H21N5OS/c1-20(2,3)19-23-22-18-9-8-15(13-25(18)19)27-16-7-5-4-6-14(16)12-21-17-10-11-26-24-17/h4-11,13H,12H2,1-3H3,(H,21,24). The zero-order valence-electron chi connectivity index (χ0n) is 15.5. The number of rotatable bonds is 5. The first-order valence-electron chi connectivity index (χ1n) is 8.76. The molecule has 1 N–H and O–H groups in total. The SMILES string of the molecule is CC(C)(C)c1nnc2ccc(Sc3ccccc3CNc3ccon3)cn12. The highest BCUT2D eigenvalue weighted by Crippen LogP contribution is 2.32. The van der Waals surface area contributed by atoms with E-state index in [1.165, 1.54) is 10.5 Å². The molecule has 7 heteroatoms. The van der Waals surface area contributed by atoms with Crippen LogP contribution in [0.2, 0.25) is 0 Å². The second-order valence-corrected chi connectivity index (χ2v) is 8.43. The minimum Gasteiger partial charge on any atom is -0.363 e.